The first kappa shape index (κ1) is 13.1. The van der Waals surface area contributed by atoms with Crippen LogP contribution in [0.25, 0.3) is 0 Å². The molecule has 2 atom stereocenters. The molecule has 5 heteroatoms. The fourth-order valence-electron chi connectivity index (χ4n) is 3.38. The fourth-order valence-corrected chi connectivity index (χ4v) is 5.20. The van der Waals surface area contributed by atoms with E-state index in [1.54, 1.807) is 4.31 Å². The Morgan fingerprint density at radius 1 is 1.11 bits per heavy atom. The minimum absolute atomic E-state index is 0.126. The number of benzene rings is 1. The third kappa shape index (κ3) is 2.42. The van der Waals surface area contributed by atoms with E-state index >= 15 is 0 Å². The molecule has 2 aliphatic rings. The first-order valence-corrected chi connectivity index (χ1v) is 8.42. The molecule has 3 rings (SSSR count). The summed E-state index contributed by atoms with van der Waals surface area (Å²) in [5.41, 5.74) is 0.873. The van der Waals surface area contributed by atoms with Crippen LogP contribution in [-0.4, -0.2) is 49.8 Å². The summed E-state index contributed by atoms with van der Waals surface area (Å²) in [4.78, 5) is 2.29. The van der Waals surface area contributed by atoms with Gasteiger partial charge in [-0.1, -0.05) is 30.3 Å². The van der Waals surface area contributed by atoms with Crippen LogP contribution in [0.2, 0.25) is 0 Å². The first-order valence-electron chi connectivity index (χ1n) is 6.81. The lowest BCUT2D eigenvalue weighted by molar-refractivity contribution is 0.300. The van der Waals surface area contributed by atoms with Crippen molar-refractivity contribution in [2.45, 2.75) is 30.7 Å². The van der Waals surface area contributed by atoms with Crippen LogP contribution in [0.1, 0.15) is 18.4 Å². The molecule has 0 radical (unpaired) electrons. The van der Waals surface area contributed by atoms with E-state index in [0.29, 0.717) is 12.6 Å². The molecule has 4 nitrogen and oxygen atoms in total. The third-order valence-electron chi connectivity index (χ3n) is 4.35. The van der Waals surface area contributed by atoms with Gasteiger partial charge in [0.15, 0.2) is 0 Å². The number of likely N-dealkylation sites (N-methyl/N-ethyl adjacent to an activating group) is 1. The number of fused-ring (bicyclic) bond motifs is 1. The monoisotopic (exact) mass is 280 g/mol. The molecule has 1 aromatic carbocycles. The molecule has 19 heavy (non-hydrogen) atoms. The highest BCUT2D eigenvalue weighted by atomic mass is 32.2. The second-order valence-corrected chi connectivity index (χ2v) is 7.47. The largest absolute Gasteiger partial charge is 0.302 e. The van der Waals surface area contributed by atoms with Crippen molar-refractivity contribution in [1.29, 1.82) is 0 Å². The normalized spacial score (nSPS) is 28.7. The second-order valence-electron chi connectivity index (χ2n) is 5.55. The molecular weight excluding hydrogens is 260 g/mol. The Hall–Kier alpha value is -0.910. The van der Waals surface area contributed by atoms with Gasteiger partial charge in [0.05, 0.1) is 5.75 Å². The Balaban J connectivity index is 1.78. The van der Waals surface area contributed by atoms with Crippen LogP contribution < -0.4 is 0 Å². The van der Waals surface area contributed by atoms with Crippen molar-refractivity contribution in [2.75, 3.05) is 20.1 Å². The minimum atomic E-state index is -3.18. The van der Waals surface area contributed by atoms with Crippen molar-refractivity contribution in [1.82, 2.24) is 9.21 Å². The van der Waals surface area contributed by atoms with Gasteiger partial charge in [0.1, 0.15) is 0 Å². The SMILES string of the molecule is CN1CC[C@@H]2[C@@H]1CCN2S(=O)(=O)Cc1ccccc1. The Morgan fingerprint density at radius 3 is 2.53 bits per heavy atom. The van der Waals surface area contributed by atoms with Gasteiger partial charge in [-0.2, -0.15) is 4.31 Å². The average molecular weight is 280 g/mol. The lowest BCUT2D eigenvalue weighted by Crippen LogP contribution is -2.39. The third-order valence-corrected chi connectivity index (χ3v) is 6.22. The predicted octanol–water partition coefficient (Wildman–Crippen LogP) is 1.29. The molecule has 0 bridgehead atoms. The van der Waals surface area contributed by atoms with E-state index in [4.69, 9.17) is 0 Å². The average Bonchev–Trinajstić information content (AvgIpc) is 2.94. The Bertz CT molecular complexity index is 544. The Labute approximate surface area is 115 Å². The molecule has 104 valence electrons. The van der Waals surface area contributed by atoms with E-state index in [0.717, 1.165) is 24.9 Å². The molecule has 2 heterocycles. The van der Waals surface area contributed by atoms with Gasteiger partial charge in [-0.05, 0) is 32.0 Å². The predicted molar refractivity (Wildman–Crippen MR) is 75.2 cm³/mol. The fraction of sp³-hybridized carbons (Fsp3) is 0.571. The smallest absolute Gasteiger partial charge is 0.218 e. The Kier molecular flexibility index (Phi) is 3.37. The van der Waals surface area contributed by atoms with E-state index in [1.165, 1.54) is 0 Å². The highest BCUT2D eigenvalue weighted by Gasteiger charge is 2.45. The topological polar surface area (TPSA) is 40.6 Å². The number of hydrogen-bond donors (Lipinski definition) is 0. The van der Waals surface area contributed by atoms with E-state index in [1.807, 2.05) is 30.3 Å². The molecule has 1 aromatic rings. The van der Waals surface area contributed by atoms with Gasteiger partial charge in [-0.25, -0.2) is 8.42 Å². The molecule has 0 aromatic heterocycles. The minimum Gasteiger partial charge on any atom is -0.302 e. The zero-order valence-electron chi connectivity index (χ0n) is 11.2. The van der Waals surface area contributed by atoms with Gasteiger partial charge in [0.25, 0.3) is 0 Å². The van der Waals surface area contributed by atoms with Crippen LogP contribution in [0.15, 0.2) is 30.3 Å². The summed E-state index contributed by atoms with van der Waals surface area (Å²) in [6.07, 6.45) is 1.93. The molecule has 0 spiro atoms. The molecule has 0 N–H and O–H groups in total. The summed E-state index contributed by atoms with van der Waals surface area (Å²) in [6.45, 7) is 1.68. The maximum absolute atomic E-state index is 12.6. The van der Waals surface area contributed by atoms with Crippen molar-refractivity contribution < 1.29 is 8.42 Å². The number of sulfonamides is 1. The quantitative estimate of drug-likeness (QED) is 0.838. The van der Waals surface area contributed by atoms with Gasteiger partial charge in [0, 0.05) is 18.6 Å². The van der Waals surface area contributed by atoms with Gasteiger partial charge in [0.2, 0.25) is 10.0 Å². The van der Waals surface area contributed by atoms with E-state index < -0.39 is 10.0 Å². The van der Waals surface area contributed by atoms with Crippen LogP contribution in [0.4, 0.5) is 0 Å². The molecular formula is C14H20N2O2S. The molecule has 0 amide bonds. The van der Waals surface area contributed by atoms with Crippen molar-refractivity contribution in [3.8, 4) is 0 Å². The molecule has 0 unspecified atom stereocenters. The van der Waals surface area contributed by atoms with E-state index in [2.05, 4.69) is 11.9 Å². The van der Waals surface area contributed by atoms with E-state index in [9.17, 15) is 8.42 Å². The number of hydrogen-bond acceptors (Lipinski definition) is 3. The van der Waals surface area contributed by atoms with Crippen LogP contribution in [0.3, 0.4) is 0 Å². The van der Waals surface area contributed by atoms with Crippen molar-refractivity contribution in [2.24, 2.45) is 0 Å². The summed E-state index contributed by atoms with van der Waals surface area (Å²) in [5, 5.41) is 0. The molecule has 2 aliphatic heterocycles. The first-order chi connectivity index (χ1) is 9.08. The van der Waals surface area contributed by atoms with Crippen LogP contribution in [0, 0.1) is 0 Å². The summed E-state index contributed by atoms with van der Waals surface area (Å²) < 4.78 is 26.9. The van der Waals surface area contributed by atoms with Crippen LogP contribution in [0.5, 0.6) is 0 Å². The Morgan fingerprint density at radius 2 is 1.79 bits per heavy atom. The molecule has 2 fully saturated rings. The van der Waals surface area contributed by atoms with Crippen molar-refractivity contribution >= 4 is 10.0 Å². The summed E-state index contributed by atoms with van der Waals surface area (Å²) in [5.74, 6) is 0.126. The maximum Gasteiger partial charge on any atom is 0.218 e. The summed E-state index contributed by atoms with van der Waals surface area (Å²) >= 11 is 0. The molecule has 0 aliphatic carbocycles. The summed E-state index contributed by atoms with van der Waals surface area (Å²) in [7, 11) is -1.09. The number of rotatable bonds is 3. The van der Waals surface area contributed by atoms with E-state index in [-0.39, 0.29) is 11.8 Å². The molecule has 2 saturated heterocycles. The molecule has 0 saturated carbocycles. The van der Waals surface area contributed by atoms with Gasteiger partial charge < -0.3 is 4.90 Å². The highest BCUT2D eigenvalue weighted by molar-refractivity contribution is 7.88. The second kappa shape index (κ2) is 4.89. The standard InChI is InChI=1S/C14H20N2O2S/c1-15-9-7-14-13(15)8-10-16(14)19(17,18)11-12-5-3-2-4-6-12/h2-6,13-14H,7-11H2,1H3/t13-,14+/m0/s1. The lowest BCUT2D eigenvalue weighted by atomic mass is 10.1. The van der Waals surface area contributed by atoms with Gasteiger partial charge in [-0.15, -0.1) is 0 Å². The van der Waals surface area contributed by atoms with Crippen molar-refractivity contribution in [3.63, 3.8) is 0 Å². The summed E-state index contributed by atoms with van der Waals surface area (Å²) in [6, 6.07) is 10.1. The highest BCUT2D eigenvalue weighted by Crippen LogP contribution is 2.33. The van der Waals surface area contributed by atoms with Crippen LogP contribution >= 0.6 is 0 Å². The van der Waals surface area contributed by atoms with Gasteiger partial charge in [-0.3, -0.25) is 0 Å². The zero-order chi connectivity index (χ0) is 13.5. The van der Waals surface area contributed by atoms with Crippen molar-refractivity contribution in [3.05, 3.63) is 35.9 Å². The zero-order valence-corrected chi connectivity index (χ0v) is 12.0. The number of nitrogens with zero attached hydrogens (tertiary/aromatic N) is 2. The lowest BCUT2D eigenvalue weighted by Gasteiger charge is -2.23. The van der Waals surface area contributed by atoms with Gasteiger partial charge >= 0.3 is 0 Å². The van der Waals surface area contributed by atoms with Crippen LogP contribution in [-0.2, 0) is 15.8 Å². The maximum atomic E-state index is 12.6. The number of likely N-dealkylation sites (tertiary alicyclic amines) is 1.